The van der Waals surface area contributed by atoms with Gasteiger partial charge >= 0.3 is 0 Å². The molecule has 120 valence electrons. The van der Waals surface area contributed by atoms with Crippen LogP contribution < -0.4 is 9.30 Å². The zero-order valence-corrected chi connectivity index (χ0v) is 14.3. The lowest BCUT2D eigenvalue weighted by Crippen LogP contribution is -2.42. The SMILES string of the molecule is CC1(C)c2cc3ccccc3[n+]3c2-c2c(cc4ccccc4c21)OC3. The largest absolute Gasteiger partial charge is 0.435 e. The second-order valence-electron chi connectivity index (χ2n) is 7.64. The normalized spacial score (nSPS) is 16.1. The molecule has 0 saturated carbocycles. The molecule has 0 amide bonds. The van der Waals surface area contributed by atoms with Crippen LogP contribution in [0, 0.1) is 0 Å². The van der Waals surface area contributed by atoms with Crippen LogP contribution >= 0.6 is 0 Å². The molecule has 25 heavy (non-hydrogen) atoms. The second-order valence-corrected chi connectivity index (χ2v) is 7.64. The van der Waals surface area contributed by atoms with E-state index in [1.807, 2.05) is 0 Å². The zero-order valence-electron chi connectivity index (χ0n) is 14.3. The van der Waals surface area contributed by atoms with Crippen molar-refractivity contribution in [3.63, 3.8) is 0 Å². The zero-order chi connectivity index (χ0) is 16.8. The number of rotatable bonds is 0. The third-order valence-electron chi connectivity index (χ3n) is 5.95. The maximum atomic E-state index is 6.24. The van der Waals surface area contributed by atoms with Crippen LogP contribution in [0.15, 0.2) is 60.7 Å². The van der Waals surface area contributed by atoms with E-state index in [0.717, 1.165) is 5.75 Å². The van der Waals surface area contributed by atoms with Crippen LogP contribution in [0.5, 0.6) is 5.75 Å². The van der Waals surface area contributed by atoms with Crippen LogP contribution in [0.3, 0.4) is 0 Å². The average molecular weight is 324 g/mol. The van der Waals surface area contributed by atoms with Crippen molar-refractivity contribution >= 4 is 21.7 Å². The van der Waals surface area contributed by atoms with E-state index in [0.29, 0.717) is 6.73 Å². The summed E-state index contributed by atoms with van der Waals surface area (Å²) in [7, 11) is 0. The van der Waals surface area contributed by atoms with Gasteiger partial charge in [-0.25, -0.2) is 0 Å². The van der Waals surface area contributed by atoms with E-state index < -0.39 is 0 Å². The van der Waals surface area contributed by atoms with Crippen molar-refractivity contribution in [3.05, 3.63) is 71.8 Å². The maximum Gasteiger partial charge on any atom is 0.293 e. The molecule has 0 fully saturated rings. The molecule has 2 heterocycles. The van der Waals surface area contributed by atoms with Gasteiger partial charge < -0.3 is 4.74 Å². The standard InChI is InChI=1S/C23H18NO/c1-23(2)17-11-15-8-4-6-10-18(15)24-13-25-19-12-14-7-3-5-9-16(14)21(23)20(19)22(17)24/h3-12H,13H2,1-2H3/q+1. The highest BCUT2D eigenvalue weighted by Gasteiger charge is 2.47. The summed E-state index contributed by atoms with van der Waals surface area (Å²) in [6.07, 6.45) is 0. The molecule has 2 nitrogen and oxygen atoms in total. The molecule has 4 aromatic rings. The van der Waals surface area contributed by atoms with Crippen molar-refractivity contribution in [2.75, 3.05) is 0 Å². The summed E-state index contributed by atoms with van der Waals surface area (Å²) in [6, 6.07) is 21.9. The number of hydrogen-bond donors (Lipinski definition) is 0. The van der Waals surface area contributed by atoms with E-state index in [1.54, 1.807) is 0 Å². The topological polar surface area (TPSA) is 13.1 Å². The van der Waals surface area contributed by atoms with Crippen molar-refractivity contribution in [2.24, 2.45) is 0 Å². The number of benzene rings is 3. The minimum atomic E-state index is -0.0419. The van der Waals surface area contributed by atoms with Gasteiger partial charge in [0.25, 0.3) is 6.73 Å². The molecule has 6 rings (SSSR count). The highest BCUT2D eigenvalue weighted by molar-refractivity contribution is 6.00. The molecule has 0 atom stereocenters. The highest BCUT2D eigenvalue weighted by atomic mass is 16.5. The van der Waals surface area contributed by atoms with Crippen LogP contribution in [0.4, 0.5) is 0 Å². The minimum Gasteiger partial charge on any atom is -0.435 e. The predicted octanol–water partition coefficient (Wildman–Crippen LogP) is 4.94. The van der Waals surface area contributed by atoms with Gasteiger partial charge in [-0.05, 0) is 34.5 Å². The first-order valence-electron chi connectivity index (χ1n) is 8.82. The van der Waals surface area contributed by atoms with Crippen molar-refractivity contribution in [1.29, 1.82) is 0 Å². The average Bonchev–Trinajstić information content (AvgIpc) is 2.88. The third kappa shape index (κ3) is 1.49. The predicted molar refractivity (Wildman–Crippen MR) is 99.8 cm³/mol. The van der Waals surface area contributed by atoms with Gasteiger partial charge in [0.1, 0.15) is 5.75 Å². The lowest BCUT2D eigenvalue weighted by molar-refractivity contribution is -0.693. The quantitative estimate of drug-likeness (QED) is 0.418. The van der Waals surface area contributed by atoms with Gasteiger partial charge in [0, 0.05) is 22.4 Å². The first-order valence-corrected chi connectivity index (χ1v) is 8.82. The van der Waals surface area contributed by atoms with Crippen LogP contribution in [0.1, 0.15) is 25.0 Å². The van der Waals surface area contributed by atoms with Gasteiger partial charge in [-0.3, -0.25) is 0 Å². The summed E-state index contributed by atoms with van der Waals surface area (Å²) < 4.78 is 8.58. The first-order chi connectivity index (χ1) is 12.2. The van der Waals surface area contributed by atoms with E-state index in [2.05, 4.69) is 79.1 Å². The molecule has 0 saturated heterocycles. The Hall–Kier alpha value is -2.87. The monoisotopic (exact) mass is 324 g/mol. The Kier molecular flexibility index (Phi) is 2.26. The summed E-state index contributed by atoms with van der Waals surface area (Å²) >= 11 is 0. The van der Waals surface area contributed by atoms with E-state index in [-0.39, 0.29) is 5.41 Å². The number of nitrogens with zero attached hydrogens (tertiary/aromatic N) is 1. The van der Waals surface area contributed by atoms with Crippen molar-refractivity contribution in [1.82, 2.24) is 0 Å². The Balaban J connectivity index is 1.88. The molecule has 2 aliphatic rings. The fourth-order valence-electron chi connectivity index (χ4n) is 4.81. The minimum absolute atomic E-state index is 0.0419. The fraction of sp³-hybridized carbons (Fsp3) is 0.174. The lowest BCUT2D eigenvalue weighted by atomic mass is 9.80. The van der Waals surface area contributed by atoms with Gasteiger partial charge in [0.15, 0.2) is 0 Å². The Bertz CT molecular complexity index is 1220. The maximum absolute atomic E-state index is 6.24. The molecule has 0 bridgehead atoms. The Labute approximate surface area is 146 Å². The molecule has 0 spiro atoms. The molecule has 2 heteroatoms. The second kappa shape index (κ2) is 4.20. The summed E-state index contributed by atoms with van der Waals surface area (Å²) in [4.78, 5) is 0. The molecule has 3 aromatic carbocycles. The Morgan fingerprint density at radius 1 is 0.920 bits per heavy atom. The number of fused-ring (bicyclic) bond motifs is 4. The van der Waals surface area contributed by atoms with E-state index >= 15 is 0 Å². The van der Waals surface area contributed by atoms with Crippen LogP contribution in [-0.2, 0) is 12.1 Å². The lowest BCUT2D eigenvalue weighted by Gasteiger charge is -2.22. The Morgan fingerprint density at radius 3 is 2.56 bits per heavy atom. The Morgan fingerprint density at radius 2 is 1.68 bits per heavy atom. The first kappa shape index (κ1) is 13.4. The van der Waals surface area contributed by atoms with Gasteiger partial charge in [0.2, 0.25) is 11.2 Å². The van der Waals surface area contributed by atoms with Crippen molar-refractivity contribution in [3.8, 4) is 17.0 Å². The van der Waals surface area contributed by atoms with Crippen LogP contribution in [-0.4, -0.2) is 0 Å². The molecule has 1 aliphatic heterocycles. The summed E-state index contributed by atoms with van der Waals surface area (Å²) in [5, 5.41) is 3.87. The van der Waals surface area contributed by atoms with E-state index in [4.69, 9.17) is 4.74 Å². The number of ether oxygens (including phenoxy) is 1. The third-order valence-corrected chi connectivity index (χ3v) is 5.95. The smallest absolute Gasteiger partial charge is 0.293 e. The molecule has 0 radical (unpaired) electrons. The molecule has 1 aromatic heterocycles. The van der Waals surface area contributed by atoms with Gasteiger partial charge in [0.05, 0.1) is 5.56 Å². The summed E-state index contributed by atoms with van der Waals surface area (Å²) in [6.45, 7) is 5.27. The van der Waals surface area contributed by atoms with Crippen LogP contribution in [0.2, 0.25) is 0 Å². The van der Waals surface area contributed by atoms with Crippen molar-refractivity contribution < 1.29 is 9.30 Å². The molecular formula is C23H18NO+. The molecular weight excluding hydrogens is 306 g/mol. The van der Waals surface area contributed by atoms with Crippen molar-refractivity contribution in [2.45, 2.75) is 26.0 Å². The van der Waals surface area contributed by atoms with Gasteiger partial charge in [-0.15, -0.1) is 0 Å². The van der Waals surface area contributed by atoms with E-state index in [9.17, 15) is 0 Å². The van der Waals surface area contributed by atoms with Gasteiger partial charge in [-0.1, -0.05) is 50.2 Å². The van der Waals surface area contributed by atoms with E-state index in [1.165, 1.54) is 44.1 Å². The number of aromatic nitrogens is 1. The summed E-state index contributed by atoms with van der Waals surface area (Å²) in [5.41, 5.74) is 6.63. The van der Waals surface area contributed by atoms with Crippen LogP contribution in [0.25, 0.3) is 32.9 Å². The number of hydrogen-bond acceptors (Lipinski definition) is 1. The highest BCUT2D eigenvalue weighted by Crippen LogP contribution is 2.55. The molecule has 1 aliphatic carbocycles. The number of pyridine rings is 1. The summed E-state index contributed by atoms with van der Waals surface area (Å²) in [5.74, 6) is 1.02. The number of para-hydroxylation sites is 1. The molecule has 0 N–H and O–H groups in total. The molecule has 0 unspecified atom stereocenters. The fourth-order valence-corrected chi connectivity index (χ4v) is 4.81. The van der Waals surface area contributed by atoms with Gasteiger partial charge in [-0.2, -0.15) is 4.57 Å².